The molecule has 4 heteroatoms. The number of halogens is 2. The molecule has 0 aromatic carbocycles. The van der Waals surface area contributed by atoms with E-state index in [1.54, 1.807) is 16.8 Å². The summed E-state index contributed by atoms with van der Waals surface area (Å²) in [4.78, 5) is 0. The average Bonchev–Trinajstić information content (AvgIpc) is 1.94. The average molecular weight is 178 g/mol. The molecule has 0 aliphatic rings. The second-order valence-electron chi connectivity index (χ2n) is 1.79. The molecule has 1 rings (SSSR count). The highest BCUT2D eigenvalue weighted by molar-refractivity contribution is 6.30. The Kier molecular flexibility index (Phi) is 2.46. The van der Waals surface area contributed by atoms with Crippen molar-refractivity contribution in [3.05, 3.63) is 22.4 Å². The molecule has 1 aromatic heterocycles. The fourth-order valence-corrected chi connectivity index (χ4v) is 1.02. The van der Waals surface area contributed by atoms with E-state index in [0.717, 1.165) is 6.54 Å². The number of hydrogen-bond acceptors (Lipinski definition) is 1. The van der Waals surface area contributed by atoms with Crippen LogP contribution < -0.4 is 4.68 Å². The first-order valence-corrected chi connectivity index (χ1v) is 3.72. The van der Waals surface area contributed by atoms with E-state index in [-0.39, 0.29) is 0 Å². The van der Waals surface area contributed by atoms with Crippen LogP contribution in [0.25, 0.3) is 0 Å². The molecule has 0 fully saturated rings. The van der Waals surface area contributed by atoms with Gasteiger partial charge in [-0.2, -0.15) is 0 Å². The van der Waals surface area contributed by atoms with E-state index in [1.165, 1.54) is 0 Å². The van der Waals surface area contributed by atoms with Gasteiger partial charge in [-0.15, -0.1) is 0 Å². The summed E-state index contributed by atoms with van der Waals surface area (Å²) in [5.41, 5.74) is 0. The molecule has 2 nitrogen and oxygen atoms in total. The van der Waals surface area contributed by atoms with E-state index in [0.29, 0.717) is 10.3 Å². The van der Waals surface area contributed by atoms with Crippen molar-refractivity contribution in [3.63, 3.8) is 0 Å². The summed E-state index contributed by atoms with van der Waals surface area (Å²) in [5.74, 6) is 0. The fourth-order valence-electron chi connectivity index (χ4n) is 0.642. The summed E-state index contributed by atoms with van der Waals surface area (Å²) >= 11 is 11.3. The van der Waals surface area contributed by atoms with Crippen molar-refractivity contribution >= 4 is 23.2 Å². The number of rotatable bonds is 1. The molecule has 0 amide bonds. The standard InChI is InChI=1S/C6H7Cl2N2/c1-2-10-6(8)4-3-5(7)9-10/h3-4H,2H2,1H3/q+1. The van der Waals surface area contributed by atoms with Crippen LogP contribution in [0.1, 0.15) is 6.92 Å². The molecule has 0 unspecified atom stereocenters. The molecule has 0 saturated carbocycles. The number of hydrogen-bond donors (Lipinski definition) is 0. The Labute approximate surface area is 69.4 Å². The highest BCUT2D eigenvalue weighted by Gasteiger charge is 2.06. The van der Waals surface area contributed by atoms with Crippen LogP contribution >= 0.6 is 23.2 Å². The minimum Gasteiger partial charge on any atom is -0.0716 e. The van der Waals surface area contributed by atoms with Gasteiger partial charge in [0.05, 0.1) is 0 Å². The Morgan fingerprint density at radius 2 is 2.20 bits per heavy atom. The molecule has 0 saturated heterocycles. The first-order valence-electron chi connectivity index (χ1n) is 2.96. The third-order valence-electron chi connectivity index (χ3n) is 1.12. The first kappa shape index (κ1) is 7.76. The van der Waals surface area contributed by atoms with Crippen LogP contribution in [-0.4, -0.2) is 5.10 Å². The maximum absolute atomic E-state index is 5.74. The summed E-state index contributed by atoms with van der Waals surface area (Å²) in [6, 6.07) is 3.39. The van der Waals surface area contributed by atoms with E-state index in [1.807, 2.05) is 6.92 Å². The SMILES string of the molecule is CC[n+]1nc(Cl)ccc1Cl. The van der Waals surface area contributed by atoms with E-state index in [9.17, 15) is 0 Å². The zero-order chi connectivity index (χ0) is 7.56. The summed E-state index contributed by atoms with van der Waals surface area (Å²) in [5, 5.41) is 5.01. The highest BCUT2D eigenvalue weighted by atomic mass is 35.5. The molecule has 54 valence electrons. The van der Waals surface area contributed by atoms with Gasteiger partial charge in [-0.3, -0.25) is 0 Å². The summed E-state index contributed by atoms with van der Waals surface area (Å²) in [7, 11) is 0. The van der Waals surface area contributed by atoms with Crippen molar-refractivity contribution in [1.82, 2.24) is 5.10 Å². The summed E-state index contributed by atoms with van der Waals surface area (Å²) in [6.07, 6.45) is 0. The molecule has 0 spiro atoms. The first-order chi connectivity index (χ1) is 4.74. The fraction of sp³-hybridized carbons (Fsp3) is 0.333. The van der Waals surface area contributed by atoms with Gasteiger partial charge >= 0.3 is 5.15 Å². The van der Waals surface area contributed by atoms with Crippen molar-refractivity contribution in [2.75, 3.05) is 0 Å². The zero-order valence-corrected chi connectivity index (χ0v) is 7.02. The molecule has 0 aliphatic heterocycles. The topological polar surface area (TPSA) is 16.8 Å². The molecule has 1 aromatic rings. The third-order valence-corrected chi connectivity index (χ3v) is 1.64. The van der Waals surface area contributed by atoms with Gasteiger partial charge in [-0.05, 0) is 24.6 Å². The van der Waals surface area contributed by atoms with Gasteiger partial charge in [-0.1, -0.05) is 16.3 Å². The van der Waals surface area contributed by atoms with Crippen LogP contribution in [0.4, 0.5) is 0 Å². The van der Waals surface area contributed by atoms with Gasteiger partial charge in [0.15, 0.2) is 11.7 Å². The van der Waals surface area contributed by atoms with E-state index in [4.69, 9.17) is 23.2 Å². The van der Waals surface area contributed by atoms with Crippen molar-refractivity contribution in [3.8, 4) is 0 Å². The smallest absolute Gasteiger partial charge is 0.0716 e. The predicted octanol–water partition coefficient (Wildman–Crippen LogP) is 1.70. The van der Waals surface area contributed by atoms with Gasteiger partial charge in [0.2, 0.25) is 0 Å². The molecule has 0 radical (unpaired) electrons. The van der Waals surface area contributed by atoms with Gasteiger partial charge in [0.25, 0.3) is 0 Å². The van der Waals surface area contributed by atoms with Crippen molar-refractivity contribution in [2.45, 2.75) is 13.5 Å². The Hall–Kier alpha value is -0.340. The Morgan fingerprint density at radius 3 is 2.70 bits per heavy atom. The maximum atomic E-state index is 5.74. The Balaban J connectivity index is 3.09. The monoisotopic (exact) mass is 177 g/mol. The molecule has 0 aliphatic carbocycles. The van der Waals surface area contributed by atoms with Crippen LogP contribution in [0.2, 0.25) is 10.3 Å². The van der Waals surface area contributed by atoms with Crippen LogP contribution in [0.5, 0.6) is 0 Å². The number of aromatic nitrogens is 2. The Morgan fingerprint density at radius 1 is 1.50 bits per heavy atom. The van der Waals surface area contributed by atoms with Gasteiger partial charge in [0.1, 0.15) is 0 Å². The van der Waals surface area contributed by atoms with Gasteiger partial charge < -0.3 is 0 Å². The molecular weight excluding hydrogens is 171 g/mol. The quantitative estimate of drug-likeness (QED) is 0.598. The number of aryl methyl sites for hydroxylation is 1. The Bertz CT molecular complexity index is 237. The number of nitrogens with zero attached hydrogens (tertiary/aromatic N) is 2. The van der Waals surface area contributed by atoms with Gasteiger partial charge in [0, 0.05) is 11.2 Å². The molecule has 0 N–H and O–H groups in total. The van der Waals surface area contributed by atoms with Crippen LogP contribution in [0, 0.1) is 0 Å². The normalized spacial score (nSPS) is 9.90. The molecule has 0 atom stereocenters. The molecule has 10 heavy (non-hydrogen) atoms. The minimum absolute atomic E-state index is 0.464. The van der Waals surface area contributed by atoms with Crippen molar-refractivity contribution in [2.24, 2.45) is 0 Å². The third kappa shape index (κ3) is 1.58. The lowest BCUT2D eigenvalue weighted by atomic mass is 10.6. The second kappa shape index (κ2) is 3.17. The van der Waals surface area contributed by atoms with E-state index < -0.39 is 0 Å². The molecular formula is C6H7Cl2N2+. The van der Waals surface area contributed by atoms with E-state index >= 15 is 0 Å². The lowest BCUT2D eigenvalue weighted by Gasteiger charge is -1.90. The predicted molar refractivity (Wildman–Crippen MR) is 40.1 cm³/mol. The maximum Gasteiger partial charge on any atom is 0.300 e. The van der Waals surface area contributed by atoms with E-state index in [2.05, 4.69) is 5.10 Å². The van der Waals surface area contributed by atoms with Crippen LogP contribution in [0.15, 0.2) is 12.1 Å². The summed E-state index contributed by atoms with van der Waals surface area (Å²) < 4.78 is 1.63. The minimum atomic E-state index is 0.464. The van der Waals surface area contributed by atoms with Crippen molar-refractivity contribution in [1.29, 1.82) is 0 Å². The lowest BCUT2D eigenvalue weighted by molar-refractivity contribution is -0.748. The lowest BCUT2D eigenvalue weighted by Crippen LogP contribution is -2.37. The highest BCUT2D eigenvalue weighted by Crippen LogP contribution is 2.04. The van der Waals surface area contributed by atoms with Crippen LogP contribution in [-0.2, 0) is 6.54 Å². The molecule has 0 bridgehead atoms. The van der Waals surface area contributed by atoms with Crippen LogP contribution in [0.3, 0.4) is 0 Å². The second-order valence-corrected chi connectivity index (χ2v) is 2.57. The van der Waals surface area contributed by atoms with Crippen molar-refractivity contribution < 1.29 is 4.68 Å². The molecule has 1 heterocycles. The van der Waals surface area contributed by atoms with Gasteiger partial charge in [-0.25, -0.2) is 0 Å². The zero-order valence-electron chi connectivity index (χ0n) is 5.51. The largest absolute Gasteiger partial charge is 0.300 e. The summed E-state index contributed by atoms with van der Waals surface area (Å²) in [6.45, 7) is 2.69.